The number of ether oxygens (including phenoxy) is 1. The largest absolute Gasteiger partial charge is 0.435 e. The van der Waals surface area contributed by atoms with Gasteiger partial charge in [-0.15, -0.1) is 0 Å². The lowest BCUT2D eigenvalue weighted by Gasteiger charge is -2.10. The van der Waals surface area contributed by atoms with Crippen molar-refractivity contribution in [1.29, 1.82) is 0 Å². The van der Waals surface area contributed by atoms with Crippen LogP contribution in [0.3, 0.4) is 0 Å². The Morgan fingerprint density at radius 2 is 1.95 bits per heavy atom. The fourth-order valence-corrected chi connectivity index (χ4v) is 1.95. The van der Waals surface area contributed by atoms with Crippen molar-refractivity contribution in [3.8, 4) is 5.75 Å². The molecule has 0 aliphatic rings. The molecular formula is C15H13ClF2N2O2. The van der Waals surface area contributed by atoms with Gasteiger partial charge in [-0.1, -0.05) is 35.9 Å². The molecule has 0 saturated carbocycles. The van der Waals surface area contributed by atoms with Crippen LogP contribution < -0.4 is 15.4 Å². The molecule has 4 nitrogen and oxygen atoms in total. The van der Waals surface area contributed by atoms with Crippen molar-refractivity contribution in [2.75, 3.05) is 5.32 Å². The van der Waals surface area contributed by atoms with E-state index in [4.69, 9.17) is 11.6 Å². The van der Waals surface area contributed by atoms with Gasteiger partial charge < -0.3 is 15.4 Å². The Bertz CT molecular complexity index is 653. The lowest BCUT2D eigenvalue weighted by atomic mass is 10.2. The minimum atomic E-state index is -2.91. The van der Waals surface area contributed by atoms with Crippen molar-refractivity contribution >= 4 is 23.3 Å². The summed E-state index contributed by atoms with van der Waals surface area (Å²) in [6, 6.07) is 12.4. The molecule has 2 aromatic carbocycles. The van der Waals surface area contributed by atoms with Crippen molar-refractivity contribution in [1.82, 2.24) is 5.32 Å². The quantitative estimate of drug-likeness (QED) is 0.862. The molecule has 2 aromatic rings. The maximum Gasteiger partial charge on any atom is 0.387 e. The minimum Gasteiger partial charge on any atom is -0.435 e. The highest BCUT2D eigenvalue weighted by Gasteiger charge is 2.07. The lowest BCUT2D eigenvalue weighted by Crippen LogP contribution is -2.28. The number of halogens is 3. The van der Waals surface area contributed by atoms with Gasteiger partial charge in [0.15, 0.2) is 0 Å². The fraction of sp³-hybridized carbons (Fsp3) is 0.133. The number of nitrogens with one attached hydrogen (secondary N) is 2. The predicted molar refractivity (Wildman–Crippen MR) is 80.4 cm³/mol. The van der Waals surface area contributed by atoms with Gasteiger partial charge in [0.2, 0.25) is 0 Å². The summed E-state index contributed by atoms with van der Waals surface area (Å²) < 4.78 is 28.5. The molecule has 0 aliphatic carbocycles. The van der Waals surface area contributed by atoms with E-state index in [-0.39, 0.29) is 12.3 Å². The van der Waals surface area contributed by atoms with E-state index in [2.05, 4.69) is 15.4 Å². The Balaban J connectivity index is 1.91. The average molecular weight is 327 g/mol. The molecule has 0 saturated heterocycles. The fourth-order valence-electron chi connectivity index (χ4n) is 1.74. The summed E-state index contributed by atoms with van der Waals surface area (Å²) in [5, 5.41) is 5.70. The van der Waals surface area contributed by atoms with Crippen LogP contribution in [0.4, 0.5) is 19.3 Å². The summed E-state index contributed by atoms with van der Waals surface area (Å²) in [7, 11) is 0. The Labute approximate surface area is 131 Å². The maximum absolute atomic E-state index is 12.1. The van der Waals surface area contributed by atoms with Gasteiger partial charge in [-0.3, -0.25) is 0 Å². The standard InChI is InChI=1S/C15H13ClF2N2O2/c16-13-7-2-1-4-10(13)9-19-15(21)20-11-5-3-6-12(8-11)22-14(17)18/h1-8,14H,9H2,(H2,19,20,21). The second kappa shape index (κ2) is 7.61. The molecule has 22 heavy (non-hydrogen) atoms. The number of amides is 2. The van der Waals surface area contributed by atoms with Crippen LogP contribution in [-0.2, 0) is 6.54 Å². The first kappa shape index (κ1) is 16.0. The molecule has 0 spiro atoms. The van der Waals surface area contributed by atoms with Crippen molar-refractivity contribution < 1.29 is 18.3 Å². The average Bonchev–Trinajstić information content (AvgIpc) is 2.46. The Hall–Kier alpha value is -2.34. The number of carbonyl (C=O) groups is 1. The van der Waals surface area contributed by atoms with Crippen molar-refractivity contribution in [3.05, 3.63) is 59.1 Å². The van der Waals surface area contributed by atoms with Gasteiger partial charge in [0.25, 0.3) is 0 Å². The van der Waals surface area contributed by atoms with Crippen LogP contribution in [0.1, 0.15) is 5.56 Å². The predicted octanol–water partition coefficient (Wildman–Crippen LogP) is 4.26. The summed E-state index contributed by atoms with van der Waals surface area (Å²) in [6.45, 7) is -2.66. The molecule has 0 aliphatic heterocycles. The Kier molecular flexibility index (Phi) is 5.55. The smallest absolute Gasteiger partial charge is 0.387 e. The molecule has 0 unspecified atom stereocenters. The molecule has 0 fully saturated rings. The molecule has 7 heteroatoms. The number of urea groups is 1. The van der Waals surface area contributed by atoms with Crippen LogP contribution in [0.25, 0.3) is 0 Å². The first-order valence-electron chi connectivity index (χ1n) is 6.38. The topological polar surface area (TPSA) is 50.4 Å². The molecule has 2 N–H and O–H groups in total. The molecule has 0 heterocycles. The van der Waals surface area contributed by atoms with E-state index in [9.17, 15) is 13.6 Å². The second-order valence-electron chi connectivity index (χ2n) is 4.31. The highest BCUT2D eigenvalue weighted by Crippen LogP contribution is 2.19. The zero-order valence-corrected chi connectivity index (χ0v) is 12.1. The number of rotatable bonds is 5. The van der Waals surface area contributed by atoms with Crippen molar-refractivity contribution in [2.24, 2.45) is 0 Å². The van der Waals surface area contributed by atoms with Gasteiger partial charge in [-0.25, -0.2) is 4.79 Å². The highest BCUT2D eigenvalue weighted by molar-refractivity contribution is 6.31. The van der Waals surface area contributed by atoms with E-state index in [1.165, 1.54) is 18.2 Å². The first-order chi connectivity index (χ1) is 10.5. The van der Waals surface area contributed by atoms with Crippen LogP contribution in [0, 0.1) is 0 Å². The third-order valence-corrected chi connectivity index (χ3v) is 3.08. The van der Waals surface area contributed by atoms with E-state index in [0.717, 1.165) is 5.56 Å². The van der Waals surface area contributed by atoms with Gasteiger partial charge in [0, 0.05) is 23.3 Å². The zero-order valence-electron chi connectivity index (χ0n) is 11.4. The van der Waals surface area contributed by atoms with Crippen molar-refractivity contribution in [3.63, 3.8) is 0 Å². The van der Waals surface area contributed by atoms with E-state index in [0.29, 0.717) is 10.7 Å². The Morgan fingerprint density at radius 1 is 1.18 bits per heavy atom. The lowest BCUT2D eigenvalue weighted by molar-refractivity contribution is -0.0497. The summed E-state index contributed by atoms with van der Waals surface area (Å²) in [6.07, 6.45) is 0. The summed E-state index contributed by atoms with van der Waals surface area (Å²) in [5.41, 5.74) is 1.11. The molecule has 0 atom stereocenters. The van der Waals surface area contributed by atoms with Crippen LogP contribution in [0.2, 0.25) is 5.02 Å². The maximum atomic E-state index is 12.1. The molecule has 0 bridgehead atoms. The minimum absolute atomic E-state index is 0.0288. The zero-order chi connectivity index (χ0) is 15.9. The highest BCUT2D eigenvalue weighted by atomic mass is 35.5. The molecule has 0 radical (unpaired) electrons. The van der Waals surface area contributed by atoms with Crippen LogP contribution in [0.5, 0.6) is 5.75 Å². The van der Waals surface area contributed by atoms with E-state index in [1.54, 1.807) is 24.3 Å². The molecule has 2 rings (SSSR count). The first-order valence-corrected chi connectivity index (χ1v) is 6.75. The summed E-state index contributed by atoms with van der Waals surface area (Å²) >= 11 is 5.98. The van der Waals surface area contributed by atoms with Gasteiger partial charge in [-0.2, -0.15) is 8.78 Å². The van der Waals surface area contributed by atoms with E-state index < -0.39 is 12.6 Å². The SMILES string of the molecule is O=C(NCc1ccccc1Cl)Nc1cccc(OC(F)F)c1. The van der Waals surface area contributed by atoms with E-state index in [1.807, 2.05) is 6.07 Å². The van der Waals surface area contributed by atoms with Gasteiger partial charge in [0.1, 0.15) is 5.75 Å². The molecular weight excluding hydrogens is 314 g/mol. The number of benzene rings is 2. The normalized spacial score (nSPS) is 10.4. The second-order valence-corrected chi connectivity index (χ2v) is 4.71. The number of anilines is 1. The van der Waals surface area contributed by atoms with Crippen LogP contribution in [-0.4, -0.2) is 12.6 Å². The summed E-state index contributed by atoms with van der Waals surface area (Å²) in [4.78, 5) is 11.8. The molecule has 116 valence electrons. The number of alkyl halides is 2. The van der Waals surface area contributed by atoms with Gasteiger partial charge in [0.05, 0.1) is 0 Å². The number of hydrogen-bond donors (Lipinski definition) is 2. The van der Waals surface area contributed by atoms with Gasteiger partial charge >= 0.3 is 12.6 Å². The van der Waals surface area contributed by atoms with E-state index >= 15 is 0 Å². The molecule has 0 aromatic heterocycles. The van der Waals surface area contributed by atoms with Crippen LogP contribution >= 0.6 is 11.6 Å². The van der Waals surface area contributed by atoms with Gasteiger partial charge in [-0.05, 0) is 23.8 Å². The third-order valence-electron chi connectivity index (χ3n) is 2.71. The Morgan fingerprint density at radius 3 is 2.68 bits per heavy atom. The third kappa shape index (κ3) is 4.89. The van der Waals surface area contributed by atoms with Crippen molar-refractivity contribution in [2.45, 2.75) is 13.2 Å². The summed E-state index contributed by atoms with van der Waals surface area (Å²) in [5.74, 6) is -0.0288. The van der Waals surface area contributed by atoms with Crippen LogP contribution in [0.15, 0.2) is 48.5 Å². The monoisotopic (exact) mass is 326 g/mol. The molecule has 2 amide bonds. The number of carbonyl (C=O) groups excluding carboxylic acids is 1. The number of hydrogen-bond acceptors (Lipinski definition) is 2.